The van der Waals surface area contributed by atoms with E-state index in [4.69, 9.17) is 22.1 Å². The Morgan fingerprint density at radius 3 is 2.74 bits per heavy atom. The maximum atomic E-state index is 11.6. The molecule has 2 aromatic rings. The van der Waals surface area contributed by atoms with E-state index in [2.05, 4.69) is 15.3 Å². The zero-order chi connectivity index (χ0) is 19.4. The number of esters is 1. The van der Waals surface area contributed by atoms with Gasteiger partial charge in [0.15, 0.2) is 0 Å². The first-order valence-corrected chi connectivity index (χ1v) is 9.57. The van der Waals surface area contributed by atoms with Gasteiger partial charge in [-0.15, -0.1) is 0 Å². The van der Waals surface area contributed by atoms with E-state index in [0.717, 1.165) is 49.0 Å². The number of hydrogen-bond acceptors (Lipinski definition) is 6. The molecule has 1 aliphatic carbocycles. The maximum absolute atomic E-state index is 11.6. The first kappa shape index (κ1) is 19.4. The molecule has 7 heteroatoms. The molecule has 1 saturated carbocycles. The Balaban J connectivity index is 1.66. The summed E-state index contributed by atoms with van der Waals surface area (Å²) in [5, 5.41) is 4.07. The van der Waals surface area contributed by atoms with Crippen molar-refractivity contribution in [2.24, 2.45) is 11.8 Å². The van der Waals surface area contributed by atoms with Crippen molar-refractivity contribution < 1.29 is 9.53 Å². The van der Waals surface area contributed by atoms with Gasteiger partial charge in [-0.25, -0.2) is 4.98 Å². The van der Waals surface area contributed by atoms with Crippen molar-refractivity contribution >= 4 is 29.3 Å². The maximum Gasteiger partial charge on any atom is 0.308 e. The van der Waals surface area contributed by atoms with Gasteiger partial charge in [0.05, 0.1) is 18.7 Å². The van der Waals surface area contributed by atoms with Crippen LogP contribution in [0.15, 0.2) is 24.3 Å². The number of nitrogen functional groups attached to an aromatic ring is 1. The fourth-order valence-corrected chi connectivity index (χ4v) is 3.77. The van der Waals surface area contributed by atoms with Gasteiger partial charge in [0.1, 0.15) is 5.82 Å². The molecule has 1 heterocycles. The summed E-state index contributed by atoms with van der Waals surface area (Å²) < 4.78 is 4.85. The normalized spacial score (nSPS) is 19.5. The molecule has 0 saturated heterocycles. The van der Waals surface area contributed by atoms with E-state index in [0.29, 0.717) is 16.8 Å². The smallest absolute Gasteiger partial charge is 0.308 e. The first-order valence-electron chi connectivity index (χ1n) is 9.19. The van der Waals surface area contributed by atoms with Crippen LogP contribution in [0.2, 0.25) is 5.02 Å². The summed E-state index contributed by atoms with van der Waals surface area (Å²) in [4.78, 5) is 20.3. The number of aromatic nitrogens is 2. The Morgan fingerprint density at radius 2 is 2.04 bits per heavy atom. The molecule has 0 unspecified atom stereocenters. The fraction of sp³-hybridized carbons (Fsp3) is 0.450. The number of rotatable bonds is 5. The molecule has 1 aliphatic rings. The number of hydrogen-bond donors (Lipinski definition) is 2. The molecular formula is C20H25ClN4O2. The highest BCUT2D eigenvalue weighted by Gasteiger charge is 2.26. The van der Waals surface area contributed by atoms with E-state index >= 15 is 0 Å². The lowest BCUT2D eigenvalue weighted by Gasteiger charge is -2.27. The predicted molar refractivity (Wildman–Crippen MR) is 108 cm³/mol. The van der Waals surface area contributed by atoms with E-state index in [9.17, 15) is 4.79 Å². The van der Waals surface area contributed by atoms with Gasteiger partial charge in [0.25, 0.3) is 0 Å². The first-order chi connectivity index (χ1) is 13.0. The number of benzene rings is 1. The van der Waals surface area contributed by atoms with Crippen LogP contribution >= 0.6 is 11.6 Å². The molecular weight excluding hydrogens is 364 g/mol. The third-order valence-electron chi connectivity index (χ3n) is 5.24. The molecule has 0 atom stereocenters. The Labute approximate surface area is 164 Å². The number of nitrogens with zero attached hydrogens (tertiary/aromatic N) is 2. The summed E-state index contributed by atoms with van der Waals surface area (Å²) in [6.07, 6.45) is 3.73. The minimum atomic E-state index is -0.0912. The van der Waals surface area contributed by atoms with Gasteiger partial charge in [0.2, 0.25) is 5.95 Å². The average molecular weight is 389 g/mol. The van der Waals surface area contributed by atoms with Crippen molar-refractivity contribution in [3.8, 4) is 11.3 Å². The average Bonchev–Trinajstić information content (AvgIpc) is 2.68. The lowest BCUT2D eigenvalue weighted by Crippen LogP contribution is -2.26. The van der Waals surface area contributed by atoms with Gasteiger partial charge >= 0.3 is 5.97 Å². The van der Waals surface area contributed by atoms with E-state index in [1.807, 2.05) is 31.2 Å². The fourth-order valence-electron chi connectivity index (χ4n) is 3.60. The largest absolute Gasteiger partial charge is 0.469 e. The molecule has 3 rings (SSSR count). The minimum absolute atomic E-state index is 0.0401. The summed E-state index contributed by atoms with van der Waals surface area (Å²) in [6, 6.07) is 7.63. The van der Waals surface area contributed by atoms with Crippen molar-refractivity contribution in [2.75, 3.05) is 24.7 Å². The number of methoxy groups -OCH3 is 1. The van der Waals surface area contributed by atoms with Crippen LogP contribution in [-0.2, 0) is 9.53 Å². The van der Waals surface area contributed by atoms with Gasteiger partial charge < -0.3 is 15.8 Å². The summed E-state index contributed by atoms with van der Waals surface area (Å²) in [5.74, 6) is 1.37. The van der Waals surface area contributed by atoms with Gasteiger partial charge in [-0.2, -0.15) is 4.98 Å². The molecule has 0 spiro atoms. The summed E-state index contributed by atoms with van der Waals surface area (Å²) >= 11 is 6.23. The Kier molecular flexibility index (Phi) is 6.16. The highest BCUT2D eigenvalue weighted by Crippen LogP contribution is 2.31. The van der Waals surface area contributed by atoms with Crippen molar-refractivity contribution in [1.29, 1.82) is 0 Å². The van der Waals surface area contributed by atoms with Crippen LogP contribution in [-0.4, -0.2) is 29.6 Å². The minimum Gasteiger partial charge on any atom is -0.469 e. The lowest BCUT2D eigenvalue weighted by molar-refractivity contribution is -0.146. The SMILES string of the molecule is COC(=O)C1CCC(CNc2cc(-c3cccc(Cl)c3C)nc(N)n2)CC1. The second-order valence-electron chi connectivity index (χ2n) is 7.03. The standard InChI is InChI=1S/C20H25ClN4O2/c1-12-15(4-3-5-16(12)21)17-10-18(25-20(22)24-17)23-11-13-6-8-14(9-7-13)19(26)27-2/h3-5,10,13-14H,6-9,11H2,1-2H3,(H3,22,23,24,25). The zero-order valence-corrected chi connectivity index (χ0v) is 16.4. The van der Waals surface area contributed by atoms with Crippen molar-refractivity contribution in [3.05, 3.63) is 34.9 Å². The monoisotopic (exact) mass is 388 g/mol. The highest BCUT2D eigenvalue weighted by atomic mass is 35.5. The molecule has 6 nitrogen and oxygen atoms in total. The second-order valence-corrected chi connectivity index (χ2v) is 7.44. The Bertz CT molecular complexity index is 820. The van der Waals surface area contributed by atoms with Gasteiger partial charge in [-0.05, 0) is 50.2 Å². The van der Waals surface area contributed by atoms with E-state index < -0.39 is 0 Å². The van der Waals surface area contributed by atoms with Crippen molar-refractivity contribution in [3.63, 3.8) is 0 Å². The third-order valence-corrected chi connectivity index (χ3v) is 5.65. The number of carbonyl (C=O) groups is 1. The predicted octanol–water partition coefficient (Wildman–Crippen LogP) is 4.08. The summed E-state index contributed by atoms with van der Waals surface area (Å²) in [6.45, 7) is 2.75. The molecule has 0 bridgehead atoms. The summed E-state index contributed by atoms with van der Waals surface area (Å²) in [5.41, 5.74) is 8.57. The Hall–Kier alpha value is -2.34. The summed E-state index contributed by atoms with van der Waals surface area (Å²) in [7, 11) is 1.45. The van der Waals surface area contributed by atoms with Crippen LogP contribution in [0.3, 0.4) is 0 Å². The topological polar surface area (TPSA) is 90.1 Å². The van der Waals surface area contributed by atoms with Gasteiger partial charge in [-0.1, -0.05) is 23.7 Å². The molecule has 3 N–H and O–H groups in total. The number of ether oxygens (including phenoxy) is 1. The molecule has 0 amide bonds. The molecule has 0 radical (unpaired) electrons. The number of carbonyl (C=O) groups excluding carboxylic acids is 1. The van der Waals surface area contributed by atoms with Gasteiger partial charge in [-0.3, -0.25) is 4.79 Å². The van der Waals surface area contributed by atoms with Gasteiger partial charge in [0, 0.05) is 23.2 Å². The van der Waals surface area contributed by atoms with Crippen LogP contribution in [0.5, 0.6) is 0 Å². The number of halogens is 1. The second kappa shape index (κ2) is 8.57. The van der Waals surface area contributed by atoms with Crippen LogP contribution in [0, 0.1) is 18.8 Å². The lowest BCUT2D eigenvalue weighted by atomic mass is 9.82. The number of nitrogens with one attached hydrogen (secondary N) is 1. The van der Waals surface area contributed by atoms with Crippen molar-refractivity contribution in [1.82, 2.24) is 9.97 Å². The number of anilines is 2. The van der Waals surface area contributed by atoms with Crippen LogP contribution in [0.4, 0.5) is 11.8 Å². The molecule has 1 fully saturated rings. The van der Waals surface area contributed by atoms with Crippen LogP contribution in [0.1, 0.15) is 31.2 Å². The number of nitrogens with two attached hydrogens (primary N) is 1. The third kappa shape index (κ3) is 4.69. The molecule has 27 heavy (non-hydrogen) atoms. The van der Waals surface area contributed by atoms with E-state index in [1.54, 1.807) is 0 Å². The molecule has 1 aromatic carbocycles. The molecule has 1 aromatic heterocycles. The zero-order valence-electron chi connectivity index (χ0n) is 15.7. The molecule has 144 valence electrons. The van der Waals surface area contributed by atoms with Crippen LogP contribution < -0.4 is 11.1 Å². The quantitative estimate of drug-likeness (QED) is 0.750. The van der Waals surface area contributed by atoms with E-state index in [-0.39, 0.29) is 17.8 Å². The molecule has 0 aliphatic heterocycles. The van der Waals surface area contributed by atoms with E-state index in [1.165, 1.54) is 7.11 Å². The van der Waals surface area contributed by atoms with Crippen molar-refractivity contribution in [2.45, 2.75) is 32.6 Å². The Morgan fingerprint density at radius 1 is 1.30 bits per heavy atom. The van der Waals surface area contributed by atoms with Crippen LogP contribution in [0.25, 0.3) is 11.3 Å². The highest BCUT2D eigenvalue weighted by molar-refractivity contribution is 6.31.